The van der Waals surface area contributed by atoms with Gasteiger partial charge in [-0.1, -0.05) is 36.6 Å². The number of benzene rings is 2. The maximum atomic E-state index is 13.9. The Morgan fingerprint density at radius 1 is 1.05 bits per heavy atom. The van der Waals surface area contributed by atoms with Crippen molar-refractivity contribution in [3.05, 3.63) is 72.7 Å². The van der Waals surface area contributed by atoms with Gasteiger partial charge in [0, 0.05) is 11.7 Å². The Morgan fingerprint density at radius 3 is 2.47 bits per heavy atom. The molecule has 2 aromatic carbocycles. The summed E-state index contributed by atoms with van der Waals surface area (Å²) >= 11 is 0. The number of nitrogens with two attached hydrogens (primary N) is 1. The van der Waals surface area contributed by atoms with Crippen molar-refractivity contribution < 1.29 is 22.4 Å². The van der Waals surface area contributed by atoms with Crippen molar-refractivity contribution in [2.45, 2.75) is 55.6 Å². The first-order chi connectivity index (χ1) is 18.3. The van der Waals surface area contributed by atoms with Crippen LogP contribution in [0.2, 0.25) is 0 Å². The molecule has 1 fully saturated rings. The molecule has 0 unspecified atom stereocenters. The van der Waals surface area contributed by atoms with Gasteiger partial charge in [0.2, 0.25) is 15.9 Å². The first-order valence-electron chi connectivity index (χ1n) is 12.4. The molecular formula is C26H28N6O5S. The third kappa shape index (κ3) is 5.46. The zero-order valence-corrected chi connectivity index (χ0v) is 21.4. The molecule has 0 aliphatic heterocycles. The summed E-state index contributed by atoms with van der Waals surface area (Å²) in [6, 6.07) is 14.9. The van der Waals surface area contributed by atoms with E-state index in [0.717, 1.165) is 32.1 Å². The lowest BCUT2D eigenvalue weighted by Crippen LogP contribution is -2.48. The van der Waals surface area contributed by atoms with Gasteiger partial charge in [-0.05, 0) is 61.4 Å². The number of sulfonamides is 1. The Labute approximate surface area is 219 Å². The summed E-state index contributed by atoms with van der Waals surface area (Å²) in [5.41, 5.74) is 1.58. The highest BCUT2D eigenvalue weighted by atomic mass is 32.2. The predicted molar refractivity (Wildman–Crippen MR) is 139 cm³/mol. The number of hydrogen-bond acceptors (Lipinski definition) is 7. The molecule has 0 bridgehead atoms. The summed E-state index contributed by atoms with van der Waals surface area (Å²) in [4.78, 5) is 28.9. The fourth-order valence-electron chi connectivity index (χ4n) is 4.82. The number of carbonyl (C=O) groups excluding carboxylic acids is 2. The summed E-state index contributed by atoms with van der Waals surface area (Å²) in [7, 11) is -3.95. The van der Waals surface area contributed by atoms with E-state index >= 15 is 0 Å². The molecule has 38 heavy (non-hydrogen) atoms. The number of nitrogens with one attached hydrogen (secondary N) is 1. The maximum absolute atomic E-state index is 13.9. The van der Waals surface area contributed by atoms with Crippen LogP contribution in [0.15, 0.2) is 76.2 Å². The lowest BCUT2D eigenvalue weighted by atomic mass is 9.95. The van der Waals surface area contributed by atoms with Gasteiger partial charge in [0.1, 0.15) is 17.8 Å². The molecule has 0 spiro atoms. The molecule has 1 aliphatic rings. The van der Waals surface area contributed by atoms with E-state index in [2.05, 4.69) is 15.6 Å². The largest absolute Gasteiger partial charge is 0.467 e. The third-order valence-electron chi connectivity index (χ3n) is 6.69. The fraction of sp³-hybridized carbons (Fsp3) is 0.308. The van der Waals surface area contributed by atoms with Crippen LogP contribution in [-0.2, 0) is 26.2 Å². The number of carbonyl (C=O) groups is 2. The first kappa shape index (κ1) is 25.6. The van der Waals surface area contributed by atoms with E-state index in [1.54, 1.807) is 24.3 Å². The highest BCUT2D eigenvalue weighted by molar-refractivity contribution is 7.89. The summed E-state index contributed by atoms with van der Waals surface area (Å²) in [6.07, 6.45) is 6.33. The van der Waals surface area contributed by atoms with E-state index in [1.807, 2.05) is 12.1 Å². The number of primary sulfonamides is 1. The Balaban J connectivity index is 1.55. The van der Waals surface area contributed by atoms with Gasteiger partial charge in [0.15, 0.2) is 6.04 Å². The van der Waals surface area contributed by atoms with E-state index in [1.165, 1.54) is 40.1 Å². The smallest absolute Gasteiger partial charge is 0.251 e. The molecule has 4 aromatic rings. The SMILES string of the molecule is NS(=O)(=O)c1ccc(N(C(=O)Cn2nnc3ccccc32)[C@@H](C(=O)NC2CCCCC2)c2ccco2)cc1. The van der Waals surface area contributed by atoms with E-state index in [0.29, 0.717) is 16.7 Å². The Kier molecular flexibility index (Phi) is 7.25. The van der Waals surface area contributed by atoms with Crippen molar-refractivity contribution in [1.29, 1.82) is 0 Å². The minimum Gasteiger partial charge on any atom is -0.467 e. The minimum atomic E-state index is -3.95. The fourth-order valence-corrected chi connectivity index (χ4v) is 5.33. The molecule has 1 saturated carbocycles. The van der Waals surface area contributed by atoms with Crippen molar-refractivity contribution in [3.63, 3.8) is 0 Å². The topological polar surface area (TPSA) is 153 Å². The molecule has 1 aliphatic carbocycles. The van der Waals surface area contributed by atoms with Crippen molar-refractivity contribution in [2.75, 3.05) is 4.90 Å². The Hall–Kier alpha value is -4.03. The van der Waals surface area contributed by atoms with Gasteiger partial charge in [-0.25, -0.2) is 18.2 Å². The van der Waals surface area contributed by atoms with Crippen molar-refractivity contribution in [2.24, 2.45) is 5.14 Å². The number of rotatable bonds is 8. The van der Waals surface area contributed by atoms with E-state index in [-0.39, 0.29) is 29.1 Å². The summed E-state index contributed by atoms with van der Waals surface area (Å²) in [5.74, 6) is -0.589. The Bertz CT molecular complexity index is 1530. The lowest BCUT2D eigenvalue weighted by molar-refractivity contribution is -0.128. The van der Waals surface area contributed by atoms with Gasteiger partial charge in [-0.15, -0.1) is 5.10 Å². The van der Waals surface area contributed by atoms with Gasteiger partial charge in [0.25, 0.3) is 5.91 Å². The predicted octanol–water partition coefficient (Wildman–Crippen LogP) is 2.90. The maximum Gasteiger partial charge on any atom is 0.251 e. The van der Waals surface area contributed by atoms with Crippen LogP contribution >= 0.6 is 0 Å². The van der Waals surface area contributed by atoms with Crippen molar-refractivity contribution in [3.8, 4) is 0 Å². The standard InChI is InChI=1S/C26H28N6O5S/c27-38(35,36)20-14-12-19(13-15-20)32(24(33)17-31-22-10-5-4-9-21(22)29-30-31)25(23-11-6-16-37-23)26(34)28-18-7-2-1-3-8-18/h4-6,9-16,18,25H,1-3,7-8,17H2,(H,28,34)(H2,27,35,36)/t25-/m1/s1. The van der Waals surface area contributed by atoms with E-state index in [4.69, 9.17) is 9.56 Å². The zero-order valence-electron chi connectivity index (χ0n) is 20.6. The second kappa shape index (κ2) is 10.8. The van der Waals surface area contributed by atoms with Gasteiger partial charge >= 0.3 is 0 Å². The number of para-hydroxylation sites is 1. The number of anilines is 1. The summed E-state index contributed by atoms with van der Waals surface area (Å²) in [5, 5.41) is 16.6. The molecule has 2 amide bonds. The van der Waals surface area contributed by atoms with Crippen LogP contribution in [0, 0.1) is 0 Å². The van der Waals surface area contributed by atoms with Crippen LogP contribution in [0.1, 0.15) is 43.9 Å². The highest BCUT2D eigenvalue weighted by Gasteiger charge is 2.36. The van der Waals surface area contributed by atoms with Gasteiger partial charge in [-0.2, -0.15) is 0 Å². The molecule has 1 atom stereocenters. The molecule has 0 radical (unpaired) electrons. The second-order valence-corrected chi connectivity index (χ2v) is 10.9. The molecule has 198 valence electrons. The number of aromatic nitrogens is 3. The molecule has 2 heterocycles. The van der Waals surface area contributed by atoms with E-state index in [9.17, 15) is 18.0 Å². The molecular weight excluding hydrogens is 508 g/mol. The number of fused-ring (bicyclic) bond motifs is 1. The minimum absolute atomic E-state index is 0.00492. The second-order valence-electron chi connectivity index (χ2n) is 9.30. The lowest BCUT2D eigenvalue weighted by Gasteiger charge is -2.32. The van der Waals surface area contributed by atoms with Crippen LogP contribution in [0.3, 0.4) is 0 Å². The number of hydrogen-bond donors (Lipinski definition) is 2. The normalized spacial score (nSPS) is 15.3. The third-order valence-corrected chi connectivity index (χ3v) is 7.62. The van der Waals surface area contributed by atoms with Gasteiger partial charge in [-0.3, -0.25) is 14.5 Å². The Morgan fingerprint density at radius 2 is 1.79 bits per heavy atom. The number of amides is 2. The first-order valence-corrected chi connectivity index (χ1v) is 13.9. The summed E-state index contributed by atoms with van der Waals surface area (Å²) < 4.78 is 30.8. The number of furan rings is 1. The summed E-state index contributed by atoms with van der Waals surface area (Å²) in [6.45, 7) is -0.217. The van der Waals surface area contributed by atoms with Crippen LogP contribution in [0.5, 0.6) is 0 Å². The van der Waals surface area contributed by atoms with Crippen LogP contribution < -0.4 is 15.4 Å². The van der Waals surface area contributed by atoms with E-state index < -0.39 is 22.0 Å². The van der Waals surface area contributed by atoms with Gasteiger partial charge < -0.3 is 9.73 Å². The zero-order chi connectivity index (χ0) is 26.7. The van der Waals surface area contributed by atoms with Crippen molar-refractivity contribution in [1.82, 2.24) is 20.3 Å². The van der Waals surface area contributed by atoms with Crippen molar-refractivity contribution >= 4 is 38.6 Å². The van der Waals surface area contributed by atoms with Crippen LogP contribution in [-0.4, -0.2) is 41.3 Å². The molecule has 3 N–H and O–H groups in total. The van der Waals surface area contributed by atoms with Crippen LogP contribution in [0.4, 0.5) is 5.69 Å². The molecule has 5 rings (SSSR count). The van der Waals surface area contributed by atoms with Gasteiger partial charge in [0.05, 0.1) is 16.7 Å². The van der Waals surface area contributed by atoms with Crippen LogP contribution in [0.25, 0.3) is 11.0 Å². The molecule has 12 heteroatoms. The quantitative estimate of drug-likeness (QED) is 0.351. The molecule has 2 aromatic heterocycles. The molecule has 0 saturated heterocycles. The molecule has 11 nitrogen and oxygen atoms in total. The average Bonchev–Trinajstić information content (AvgIpc) is 3.58. The number of nitrogens with zero attached hydrogens (tertiary/aromatic N) is 4. The highest BCUT2D eigenvalue weighted by Crippen LogP contribution is 2.31. The average molecular weight is 537 g/mol. The monoisotopic (exact) mass is 536 g/mol.